The smallest absolute Gasteiger partial charge is 0.422 e. The molecule has 0 atom stereocenters. The molecule has 0 saturated carbocycles. The van der Waals surface area contributed by atoms with Crippen molar-refractivity contribution in [2.75, 3.05) is 26.4 Å². The molecule has 0 aromatic carbocycles. The van der Waals surface area contributed by atoms with Crippen LogP contribution in [0.1, 0.15) is 80.6 Å². The molecule has 0 aliphatic carbocycles. The van der Waals surface area contributed by atoms with Gasteiger partial charge in [0.25, 0.3) is 0 Å². The zero-order chi connectivity index (χ0) is 32.4. The molecule has 0 spiro atoms. The first-order chi connectivity index (χ1) is 17.3. The SMILES string of the molecule is C/C=C/OCC(F)(F)F.CCCC(C)(F)F.CCCC(F)(F)F.CCCOCC(F)(F)F.CCOC(C)(F)F. The summed E-state index contributed by atoms with van der Waals surface area (Å²) in [6.45, 7) is 7.68. The minimum atomic E-state index is -4.22. The lowest BCUT2D eigenvalue weighted by atomic mass is 10.2. The number of hydrogen-bond donors (Lipinski definition) is 0. The van der Waals surface area contributed by atoms with E-state index in [1.165, 1.54) is 19.9 Å². The fourth-order valence-electron chi connectivity index (χ4n) is 1.55. The Kier molecular flexibility index (Phi) is 31.0. The number of rotatable bonds is 10. The van der Waals surface area contributed by atoms with E-state index in [9.17, 15) is 57.1 Å². The molecular weight excluding hydrogens is 571 g/mol. The van der Waals surface area contributed by atoms with Gasteiger partial charge in [-0.05, 0) is 33.6 Å². The zero-order valence-electron chi connectivity index (χ0n) is 23.2. The Morgan fingerprint density at radius 1 is 0.590 bits per heavy atom. The maximum absolute atomic E-state index is 11.7. The third-order valence-electron chi connectivity index (χ3n) is 2.71. The zero-order valence-corrected chi connectivity index (χ0v) is 23.2. The normalized spacial score (nSPS) is 12.1. The van der Waals surface area contributed by atoms with Crippen LogP contribution in [0.15, 0.2) is 12.3 Å². The van der Waals surface area contributed by atoms with E-state index in [1.807, 2.05) is 0 Å². The minimum Gasteiger partial charge on any atom is -0.492 e. The second-order valence-electron chi connectivity index (χ2n) is 7.49. The molecule has 0 saturated heterocycles. The number of alkyl halides is 13. The largest absolute Gasteiger partial charge is 0.492 e. The highest BCUT2D eigenvalue weighted by Gasteiger charge is 2.28. The predicted octanol–water partition coefficient (Wildman–Crippen LogP) is 10.5. The Morgan fingerprint density at radius 3 is 1.18 bits per heavy atom. The average Bonchev–Trinajstić information content (AvgIpc) is 2.66. The van der Waals surface area contributed by atoms with E-state index >= 15 is 0 Å². The van der Waals surface area contributed by atoms with Crippen LogP contribution in [-0.2, 0) is 14.2 Å². The lowest BCUT2D eigenvalue weighted by Gasteiger charge is -2.07. The first-order valence-corrected chi connectivity index (χ1v) is 11.7. The third kappa shape index (κ3) is 85.8. The van der Waals surface area contributed by atoms with Crippen molar-refractivity contribution in [1.82, 2.24) is 0 Å². The van der Waals surface area contributed by atoms with Gasteiger partial charge in [-0.2, -0.15) is 48.3 Å². The lowest BCUT2D eigenvalue weighted by Crippen LogP contribution is -2.17. The van der Waals surface area contributed by atoms with Crippen molar-refractivity contribution in [3.63, 3.8) is 0 Å². The van der Waals surface area contributed by atoms with E-state index < -0.39 is 50.2 Å². The molecule has 0 fully saturated rings. The average molecular weight is 613 g/mol. The summed E-state index contributed by atoms with van der Waals surface area (Å²) in [6, 6.07) is 0. The first kappa shape index (κ1) is 47.3. The molecule has 0 aromatic rings. The van der Waals surface area contributed by atoms with Crippen molar-refractivity contribution < 1.29 is 71.3 Å². The third-order valence-corrected chi connectivity index (χ3v) is 2.71. The van der Waals surface area contributed by atoms with Gasteiger partial charge in [0.15, 0.2) is 6.61 Å². The fraction of sp³-hybridized carbons (Fsp3) is 0.913. The number of ether oxygens (including phenoxy) is 3. The Labute approximate surface area is 222 Å². The van der Waals surface area contributed by atoms with Crippen molar-refractivity contribution in [3.05, 3.63) is 12.3 Å². The summed E-state index contributed by atoms with van der Waals surface area (Å²) in [5, 5.41) is 0. The maximum atomic E-state index is 11.7. The van der Waals surface area contributed by atoms with E-state index in [4.69, 9.17) is 0 Å². The molecule has 0 rings (SSSR count). The van der Waals surface area contributed by atoms with Gasteiger partial charge in [-0.1, -0.05) is 33.3 Å². The van der Waals surface area contributed by atoms with Crippen LogP contribution in [0.2, 0.25) is 0 Å². The Balaban J connectivity index is -0.000000124. The van der Waals surface area contributed by atoms with E-state index in [-0.39, 0.29) is 26.1 Å². The molecule has 0 amide bonds. The highest BCUT2D eigenvalue weighted by molar-refractivity contribution is 4.66. The van der Waals surface area contributed by atoms with E-state index in [0.29, 0.717) is 12.8 Å². The quantitative estimate of drug-likeness (QED) is 0.140. The van der Waals surface area contributed by atoms with Crippen LogP contribution in [-0.4, -0.2) is 57.0 Å². The van der Waals surface area contributed by atoms with Gasteiger partial charge in [0.2, 0.25) is 5.92 Å². The van der Waals surface area contributed by atoms with Crippen LogP contribution >= 0.6 is 0 Å². The number of allylic oxidation sites excluding steroid dienone is 1. The topological polar surface area (TPSA) is 27.7 Å². The first-order valence-electron chi connectivity index (χ1n) is 11.7. The molecule has 3 nitrogen and oxygen atoms in total. The van der Waals surface area contributed by atoms with Crippen LogP contribution in [0.25, 0.3) is 0 Å². The molecule has 0 aromatic heterocycles. The molecule has 0 heterocycles. The molecule has 0 aliphatic rings. The molecule has 16 heteroatoms. The minimum absolute atomic E-state index is 0.00694. The standard InChI is InChI=1S/C5H9F3O.C5H7F3O.C5H10F2.C4H7F3.C4H8F2O/c2*1-2-3-9-4-5(6,7)8;1-3-4-5(2,6)7;1-2-3-4(5,6)7;1-3-7-4(2,5)6/h2-4H2,1H3;2-3H,4H2,1H3;3-4H2,1-2H3;2-3H2,1H3;3H2,1-2H3/b;3-2+;;;. The Morgan fingerprint density at radius 2 is 1.03 bits per heavy atom. The van der Waals surface area contributed by atoms with Crippen LogP contribution in [0.3, 0.4) is 0 Å². The fourth-order valence-corrected chi connectivity index (χ4v) is 1.55. The molecule has 242 valence electrons. The second kappa shape index (κ2) is 25.5. The summed E-state index contributed by atoms with van der Waals surface area (Å²) in [7, 11) is 0. The highest BCUT2D eigenvalue weighted by atomic mass is 19.4. The van der Waals surface area contributed by atoms with Crippen molar-refractivity contribution in [2.45, 2.75) is 111 Å². The molecule has 0 bridgehead atoms. The monoisotopic (exact) mass is 612 g/mol. The van der Waals surface area contributed by atoms with Crippen molar-refractivity contribution >= 4 is 0 Å². The summed E-state index contributed by atoms with van der Waals surface area (Å²) in [5.74, 6) is -2.45. The summed E-state index contributed by atoms with van der Waals surface area (Å²) < 4.78 is 159. The molecule has 0 radical (unpaired) electrons. The van der Waals surface area contributed by atoms with E-state index in [0.717, 1.165) is 20.1 Å². The van der Waals surface area contributed by atoms with Gasteiger partial charge >= 0.3 is 24.6 Å². The Bertz CT molecular complexity index is 482. The lowest BCUT2D eigenvalue weighted by molar-refractivity contribution is -0.220. The summed E-state index contributed by atoms with van der Waals surface area (Å²) in [4.78, 5) is 0. The summed E-state index contributed by atoms with van der Waals surface area (Å²) in [6.07, 6.45) is -12.2. The number of hydrogen-bond acceptors (Lipinski definition) is 3. The van der Waals surface area contributed by atoms with Gasteiger partial charge in [0, 0.05) is 26.4 Å². The van der Waals surface area contributed by atoms with Gasteiger partial charge < -0.3 is 14.2 Å². The van der Waals surface area contributed by atoms with Crippen molar-refractivity contribution in [2.24, 2.45) is 0 Å². The molecule has 0 N–H and O–H groups in total. The van der Waals surface area contributed by atoms with Gasteiger partial charge in [-0.25, -0.2) is 8.78 Å². The molecule has 0 unspecified atom stereocenters. The van der Waals surface area contributed by atoms with Crippen molar-refractivity contribution in [1.29, 1.82) is 0 Å². The molecule has 0 aliphatic heterocycles. The van der Waals surface area contributed by atoms with Crippen molar-refractivity contribution in [3.8, 4) is 0 Å². The summed E-state index contributed by atoms with van der Waals surface area (Å²) in [5.41, 5.74) is 0. The van der Waals surface area contributed by atoms with E-state index in [1.54, 1.807) is 20.8 Å². The van der Waals surface area contributed by atoms with Crippen LogP contribution in [0.4, 0.5) is 57.1 Å². The van der Waals surface area contributed by atoms with E-state index in [2.05, 4.69) is 14.2 Å². The predicted molar refractivity (Wildman–Crippen MR) is 123 cm³/mol. The summed E-state index contributed by atoms with van der Waals surface area (Å²) >= 11 is 0. The Hall–Kier alpha value is -1.45. The van der Waals surface area contributed by atoms with Crippen LogP contribution in [0, 0.1) is 0 Å². The van der Waals surface area contributed by atoms with Gasteiger partial charge in [-0.15, -0.1) is 0 Å². The molecular formula is C23H41F13O3. The highest BCUT2D eigenvalue weighted by Crippen LogP contribution is 2.20. The second-order valence-corrected chi connectivity index (χ2v) is 7.49. The maximum Gasteiger partial charge on any atom is 0.422 e. The van der Waals surface area contributed by atoms with Gasteiger partial charge in [-0.3, -0.25) is 0 Å². The molecule has 39 heavy (non-hydrogen) atoms. The van der Waals surface area contributed by atoms with Gasteiger partial charge in [0.1, 0.15) is 6.61 Å². The van der Waals surface area contributed by atoms with Crippen LogP contribution < -0.4 is 0 Å². The van der Waals surface area contributed by atoms with Crippen LogP contribution in [0.5, 0.6) is 0 Å². The number of halogens is 13. The van der Waals surface area contributed by atoms with Gasteiger partial charge in [0.05, 0.1) is 12.9 Å².